The normalized spacial score (nSPS) is 11.7. The number of aryl methyl sites for hydroxylation is 2. The molecule has 0 radical (unpaired) electrons. The Hall–Kier alpha value is -8.08. The summed E-state index contributed by atoms with van der Waals surface area (Å²) in [5, 5.41) is 7.29. The Morgan fingerprint density at radius 2 is 0.774 bits per heavy atom. The number of imidazole rings is 2. The van der Waals surface area contributed by atoms with Gasteiger partial charge in [0.2, 0.25) is 0 Å². The highest BCUT2D eigenvalue weighted by molar-refractivity contribution is 6.22. The molecule has 0 amide bonds. The van der Waals surface area contributed by atoms with Crippen LogP contribution in [0.25, 0.3) is 122 Å². The van der Waals surface area contributed by atoms with Gasteiger partial charge < -0.3 is 9.13 Å². The molecule has 0 aliphatic heterocycles. The second-order valence-electron chi connectivity index (χ2n) is 16.3. The molecule has 4 heteroatoms. The molecule has 12 rings (SSSR count). The van der Waals surface area contributed by atoms with Crippen LogP contribution in [0.3, 0.4) is 0 Å². The molecule has 2 heterocycles. The molecule has 0 saturated carbocycles. The third-order valence-electron chi connectivity index (χ3n) is 12.7. The molecule has 0 aliphatic carbocycles. The summed E-state index contributed by atoms with van der Waals surface area (Å²) in [5.41, 5.74) is 15.9. The standard InChI is InChI=1S/C58H40N4/c1-61-54-34-42(29-31-52(54)59-57(61)39-17-8-4-9-18-39)44-22-13-25-47-50(44)36-51-45(43-30-32-53-55(35-43)62(2)58(60-53)40-19-10-5-11-20-40)23-14-26-48(51)56(47)46-24-12-21-38-27-28-41(33-49(38)46)37-15-6-3-7-16-37/h3-36H,1-2H3. The highest BCUT2D eigenvalue weighted by Crippen LogP contribution is 2.46. The lowest BCUT2D eigenvalue weighted by Gasteiger charge is -2.19. The van der Waals surface area contributed by atoms with E-state index in [2.05, 4.69) is 217 Å². The van der Waals surface area contributed by atoms with Crippen molar-refractivity contribution < 1.29 is 0 Å². The smallest absolute Gasteiger partial charge is 0.140 e. The van der Waals surface area contributed by atoms with E-state index in [9.17, 15) is 0 Å². The molecule has 0 spiro atoms. The van der Waals surface area contributed by atoms with Crippen molar-refractivity contribution in [2.24, 2.45) is 14.1 Å². The van der Waals surface area contributed by atoms with Crippen LogP contribution in [-0.4, -0.2) is 19.1 Å². The van der Waals surface area contributed by atoms with Crippen LogP contribution in [0.1, 0.15) is 0 Å². The summed E-state index contributed by atoms with van der Waals surface area (Å²) in [6.45, 7) is 0. The Kier molecular flexibility index (Phi) is 8.26. The van der Waals surface area contributed by atoms with Crippen LogP contribution < -0.4 is 0 Å². The summed E-state index contributed by atoms with van der Waals surface area (Å²) < 4.78 is 4.44. The fourth-order valence-electron chi connectivity index (χ4n) is 9.67. The van der Waals surface area contributed by atoms with E-state index in [0.717, 1.165) is 56.0 Å². The van der Waals surface area contributed by atoms with Gasteiger partial charge in [-0.05, 0) is 113 Å². The Morgan fingerprint density at radius 1 is 0.306 bits per heavy atom. The zero-order chi connectivity index (χ0) is 41.3. The highest BCUT2D eigenvalue weighted by Gasteiger charge is 2.20. The van der Waals surface area contributed by atoms with E-state index in [1.54, 1.807) is 0 Å². The Morgan fingerprint density at radius 3 is 1.31 bits per heavy atom. The summed E-state index contributed by atoms with van der Waals surface area (Å²) >= 11 is 0. The SMILES string of the molecule is Cn1c(-c2ccccc2)nc2ccc(-c3cccc4c(-c5cccc6ccc(-c7ccccc7)cc56)c5cccc(-c6ccc7nc(-c8ccccc8)n(C)c7c6)c5cc34)cc21. The second kappa shape index (κ2) is 14.3. The molecule has 0 N–H and O–H groups in total. The fraction of sp³-hybridized carbons (Fsp3) is 0.0345. The zero-order valence-electron chi connectivity index (χ0n) is 34.4. The van der Waals surface area contributed by atoms with E-state index in [-0.39, 0.29) is 0 Å². The number of nitrogens with zero attached hydrogens (tertiary/aromatic N) is 4. The molecule has 2 aromatic heterocycles. The molecule has 292 valence electrons. The molecule has 0 fully saturated rings. The van der Waals surface area contributed by atoms with Crippen molar-refractivity contribution in [3.05, 3.63) is 206 Å². The third-order valence-corrected chi connectivity index (χ3v) is 12.7. The van der Waals surface area contributed by atoms with Crippen molar-refractivity contribution in [3.8, 4) is 67.3 Å². The lowest BCUT2D eigenvalue weighted by atomic mass is 9.84. The largest absolute Gasteiger partial charge is 0.327 e. The highest BCUT2D eigenvalue weighted by atomic mass is 15.1. The minimum absolute atomic E-state index is 0.959. The van der Waals surface area contributed by atoms with Gasteiger partial charge in [-0.3, -0.25) is 0 Å². The lowest BCUT2D eigenvalue weighted by molar-refractivity contribution is 0.959. The van der Waals surface area contributed by atoms with Crippen LogP contribution in [0.2, 0.25) is 0 Å². The summed E-state index contributed by atoms with van der Waals surface area (Å²) in [6, 6.07) is 74.7. The van der Waals surface area contributed by atoms with Crippen LogP contribution >= 0.6 is 0 Å². The van der Waals surface area contributed by atoms with E-state index in [1.807, 2.05) is 12.1 Å². The average Bonchev–Trinajstić information content (AvgIpc) is 3.85. The van der Waals surface area contributed by atoms with Gasteiger partial charge in [0.1, 0.15) is 11.6 Å². The number of aromatic nitrogens is 4. The molecular weight excluding hydrogens is 753 g/mol. The van der Waals surface area contributed by atoms with E-state index in [1.165, 1.54) is 65.7 Å². The van der Waals surface area contributed by atoms with Crippen molar-refractivity contribution in [3.63, 3.8) is 0 Å². The first-order valence-corrected chi connectivity index (χ1v) is 21.2. The number of rotatable bonds is 6. The predicted molar refractivity (Wildman–Crippen MR) is 260 cm³/mol. The minimum Gasteiger partial charge on any atom is -0.327 e. The van der Waals surface area contributed by atoms with Gasteiger partial charge in [0.15, 0.2) is 0 Å². The van der Waals surface area contributed by atoms with E-state index < -0.39 is 0 Å². The van der Waals surface area contributed by atoms with Gasteiger partial charge in [0.25, 0.3) is 0 Å². The summed E-state index contributed by atoms with van der Waals surface area (Å²) in [7, 11) is 4.24. The molecule has 62 heavy (non-hydrogen) atoms. The first-order chi connectivity index (χ1) is 30.6. The Labute approximate surface area is 359 Å². The summed E-state index contributed by atoms with van der Waals surface area (Å²) in [6.07, 6.45) is 0. The third kappa shape index (κ3) is 5.76. The maximum Gasteiger partial charge on any atom is 0.140 e. The van der Waals surface area contributed by atoms with E-state index in [0.29, 0.717) is 0 Å². The van der Waals surface area contributed by atoms with Crippen molar-refractivity contribution in [1.29, 1.82) is 0 Å². The van der Waals surface area contributed by atoms with Gasteiger partial charge in [-0.2, -0.15) is 0 Å². The van der Waals surface area contributed by atoms with Crippen molar-refractivity contribution in [2.75, 3.05) is 0 Å². The molecule has 10 aromatic carbocycles. The second-order valence-corrected chi connectivity index (χ2v) is 16.3. The molecule has 12 aromatic rings. The van der Waals surface area contributed by atoms with Crippen molar-refractivity contribution in [1.82, 2.24) is 19.1 Å². The monoisotopic (exact) mass is 792 g/mol. The Bertz CT molecular complexity index is 3510. The maximum atomic E-state index is 5.08. The molecule has 0 unspecified atom stereocenters. The average molecular weight is 793 g/mol. The van der Waals surface area contributed by atoms with Crippen LogP contribution in [0.4, 0.5) is 0 Å². The first kappa shape index (κ1) is 35.8. The first-order valence-electron chi connectivity index (χ1n) is 21.2. The number of fused-ring (bicyclic) bond motifs is 5. The lowest BCUT2D eigenvalue weighted by Crippen LogP contribution is -1.93. The number of hydrogen-bond acceptors (Lipinski definition) is 2. The Balaban J connectivity index is 1.13. The fourth-order valence-corrected chi connectivity index (χ4v) is 9.67. The van der Waals surface area contributed by atoms with Gasteiger partial charge in [-0.25, -0.2) is 9.97 Å². The maximum absolute atomic E-state index is 5.08. The summed E-state index contributed by atoms with van der Waals surface area (Å²) in [4.78, 5) is 10.2. The molecule has 0 aliphatic rings. The van der Waals surface area contributed by atoms with Crippen molar-refractivity contribution >= 4 is 54.4 Å². The van der Waals surface area contributed by atoms with Gasteiger partial charge in [-0.1, -0.05) is 170 Å². The van der Waals surface area contributed by atoms with Crippen LogP contribution in [0.5, 0.6) is 0 Å². The summed E-state index contributed by atoms with van der Waals surface area (Å²) in [5.74, 6) is 1.92. The number of benzene rings is 10. The van der Waals surface area contributed by atoms with E-state index >= 15 is 0 Å². The molecule has 0 atom stereocenters. The van der Waals surface area contributed by atoms with Crippen LogP contribution in [-0.2, 0) is 14.1 Å². The predicted octanol–water partition coefficient (Wildman–Crippen LogP) is 14.9. The van der Waals surface area contributed by atoms with Gasteiger partial charge in [-0.15, -0.1) is 0 Å². The molecular formula is C58H40N4. The minimum atomic E-state index is 0.959. The zero-order valence-corrected chi connectivity index (χ0v) is 34.4. The van der Waals surface area contributed by atoms with Gasteiger partial charge in [0, 0.05) is 25.2 Å². The quantitative estimate of drug-likeness (QED) is 0.157. The van der Waals surface area contributed by atoms with E-state index in [4.69, 9.17) is 9.97 Å². The molecule has 4 nitrogen and oxygen atoms in total. The van der Waals surface area contributed by atoms with Crippen molar-refractivity contribution in [2.45, 2.75) is 0 Å². The molecule has 0 bridgehead atoms. The van der Waals surface area contributed by atoms with Gasteiger partial charge >= 0.3 is 0 Å². The van der Waals surface area contributed by atoms with Gasteiger partial charge in [0.05, 0.1) is 22.1 Å². The molecule has 0 saturated heterocycles. The van der Waals surface area contributed by atoms with Crippen LogP contribution in [0.15, 0.2) is 206 Å². The van der Waals surface area contributed by atoms with Crippen LogP contribution in [0, 0.1) is 0 Å². The topological polar surface area (TPSA) is 35.6 Å². The number of hydrogen-bond donors (Lipinski definition) is 0.